The third-order valence-corrected chi connectivity index (χ3v) is 5.81. The van der Waals surface area contributed by atoms with Crippen molar-refractivity contribution in [2.45, 2.75) is 11.4 Å². The summed E-state index contributed by atoms with van der Waals surface area (Å²) in [5, 5.41) is 6.04. The van der Waals surface area contributed by atoms with Crippen LogP contribution in [0.2, 0.25) is 0 Å². The average Bonchev–Trinajstić information content (AvgIpc) is 3.12. The summed E-state index contributed by atoms with van der Waals surface area (Å²) in [7, 11) is -1.77. The van der Waals surface area contributed by atoms with E-state index in [4.69, 9.17) is 0 Å². The van der Waals surface area contributed by atoms with Gasteiger partial charge >= 0.3 is 0 Å². The fraction of sp³-hybridized carbons (Fsp3) is 0.100. The van der Waals surface area contributed by atoms with Gasteiger partial charge in [-0.2, -0.15) is 5.10 Å². The fourth-order valence-corrected chi connectivity index (χ4v) is 4.03. The van der Waals surface area contributed by atoms with Crippen LogP contribution in [0.5, 0.6) is 0 Å². The third-order valence-electron chi connectivity index (χ3n) is 4.41. The Labute approximate surface area is 157 Å². The van der Waals surface area contributed by atoms with Gasteiger partial charge in [0.25, 0.3) is 0 Å². The molecule has 136 valence electrons. The summed E-state index contributed by atoms with van der Waals surface area (Å²) in [6, 6.07) is 16.6. The van der Waals surface area contributed by atoms with Gasteiger partial charge in [0, 0.05) is 37.7 Å². The number of aromatic nitrogens is 3. The number of nitrogens with zero attached hydrogens (tertiary/aromatic N) is 3. The molecule has 0 unspecified atom stereocenters. The molecule has 2 aromatic heterocycles. The Kier molecular flexibility index (Phi) is 4.47. The van der Waals surface area contributed by atoms with Crippen LogP contribution in [0.4, 0.5) is 0 Å². The number of aryl methyl sites for hydroxylation is 1. The third kappa shape index (κ3) is 3.60. The highest BCUT2D eigenvalue weighted by atomic mass is 32.2. The van der Waals surface area contributed by atoms with Crippen LogP contribution in [0, 0.1) is 0 Å². The van der Waals surface area contributed by atoms with Crippen molar-refractivity contribution in [1.82, 2.24) is 19.5 Å². The summed E-state index contributed by atoms with van der Waals surface area (Å²) >= 11 is 0. The smallest absolute Gasteiger partial charge is 0.240 e. The molecule has 6 nitrogen and oxygen atoms in total. The molecule has 27 heavy (non-hydrogen) atoms. The monoisotopic (exact) mass is 378 g/mol. The molecule has 0 radical (unpaired) electrons. The average molecular weight is 378 g/mol. The second-order valence-corrected chi connectivity index (χ2v) is 8.02. The van der Waals surface area contributed by atoms with Crippen LogP contribution in [0.15, 0.2) is 78.1 Å². The molecule has 7 heteroatoms. The van der Waals surface area contributed by atoms with Crippen molar-refractivity contribution in [3.63, 3.8) is 0 Å². The zero-order chi connectivity index (χ0) is 18.9. The maximum atomic E-state index is 12.7. The van der Waals surface area contributed by atoms with Gasteiger partial charge in [0.15, 0.2) is 0 Å². The maximum Gasteiger partial charge on any atom is 0.240 e. The zero-order valence-corrected chi connectivity index (χ0v) is 15.5. The quantitative estimate of drug-likeness (QED) is 0.579. The number of rotatable bonds is 5. The van der Waals surface area contributed by atoms with Gasteiger partial charge in [-0.05, 0) is 40.6 Å². The molecule has 0 aliphatic carbocycles. The number of pyridine rings is 1. The first-order valence-corrected chi connectivity index (χ1v) is 9.92. The molecule has 0 bridgehead atoms. The normalized spacial score (nSPS) is 11.7. The van der Waals surface area contributed by atoms with E-state index in [1.165, 1.54) is 0 Å². The summed E-state index contributed by atoms with van der Waals surface area (Å²) in [6.07, 6.45) is 5.10. The van der Waals surface area contributed by atoms with E-state index in [2.05, 4.69) is 14.8 Å². The van der Waals surface area contributed by atoms with Gasteiger partial charge in [0.05, 0.1) is 10.6 Å². The number of hydrogen-bond acceptors (Lipinski definition) is 4. The fourth-order valence-electron chi connectivity index (χ4n) is 2.98. The molecule has 4 aromatic rings. The van der Waals surface area contributed by atoms with Crippen LogP contribution < -0.4 is 4.72 Å². The molecular formula is C20H18N4O2S. The molecule has 0 atom stereocenters. The Morgan fingerprint density at radius 2 is 1.81 bits per heavy atom. The van der Waals surface area contributed by atoms with Crippen molar-refractivity contribution in [3.8, 4) is 11.3 Å². The molecule has 0 spiro atoms. The summed E-state index contributed by atoms with van der Waals surface area (Å²) < 4.78 is 29.7. The number of benzene rings is 2. The summed E-state index contributed by atoms with van der Waals surface area (Å²) in [6.45, 7) is 0.161. The molecule has 2 heterocycles. The van der Waals surface area contributed by atoms with E-state index in [1.54, 1.807) is 35.4 Å². The number of sulfonamides is 1. The minimum atomic E-state index is -3.62. The second kappa shape index (κ2) is 6.94. The Hall–Kier alpha value is -3.03. The van der Waals surface area contributed by atoms with Gasteiger partial charge in [-0.3, -0.25) is 9.67 Å². The van der Waals surface area contributed by atoms with Crippen LogP contribution >= 0.6 is 0 Å². The van der Waals surface area contributed by atoms with E-state index in [9.17, 15) is 8.42 Å². The van der Waals surface area contributed by atoms with E-state index in [0.29, 0.717) is 0 Å². The van der Waals surface area contributed by atoms with E-state index >= 15 is 0 Å². The molecular weight excluding hydrogens is 360 g/mol. The molecule has 0 fully saturated rings. The van der Waals surface area contributed by atoms with Crippen molar-refractivity contribution in [3.05, 3.63) is 78.8 Å². The lowest BCUT2D eigenvalue weighted by Gasteiger charge is -2.09. The molecule has 0 amide bonds. The number of nitrogens with one attached hydrogen (secondary N) is 1. The molecule has 4 rings (SSSR count). The summed E-state index contributed by atoms with van der Waals surface area (Å²) in [4.78, 5) is 4.47. The highest BCUT2D eigenvalue weighted by Crippen LogP contribution is 2.20. The highest BCUT2D eigenvalue weighted by molar-refractivity contribution is 7.89. The van der Waals surface area contributed by atoms with Gasteiger partial charge in [0.1, 0.15) is 0 Å². The number of fused-ring (bicyclic) bond motifs is 1. The van der Waals surface area contributed by atoms with E-state index < -0.39 is 10.0 Å². The molecule has 1 N–H and O–H groups in total. The zero-order valence-electron chi connectivity index (χ0n) is 14.7. The number of hydrogen-bond donors (Lipinski definition) is 1. The predicted molar refractivity (Wildman–Crippen MR) is 104 cm³/mol. The minimum Gasteiger partial charge on any atom is -0.268 e. The topological polar surface area (TPSA) is 76.9 Å². The van der Waals surface area contributed by atoms with Crippen LogP contribution in [0.1, 0.15) is 5.56 Å². The molecule has 0 aliphatic rings. The highest BCUT2D eigenvalue weighted by Gasteiger charge is 2.14. The Morgan fingerprint density at radius 3 is 2.59 bits per heavy atom. The molecule has 2 aromatic carbocycles. The Bertz CT molecular complexity index is 1220. The van der Waals surface area contributed by atoms with Crippen molar-refractivity contribution >= 4 is 20.8 Å². The van der Waals surface area contributed by atoms with Gasteiger partial charge in [0.2, 0.25) is 10.0 Å². The van der Waals surface area contributed by atoms with Gasteiger partial charge in [-0.25, -0.2) is 13.1 Å². The van der Waals surface area contributed by atoms with Crippen molar-refractivity contribution in [1.29, 1.82) is 0 Å². The first-order valence-electron chi connectivity index (χ1n) is 8.44. The van der Waals surface area contributed by atoms with Crippen molar-refractivity contribution in [2.24, 2.45) is 7.05 Å². The lowest BCUT2D eigenvalue weighted by atomic mass is 10.1. The Morgan fingerprint density at radius 1 is 1.00 bits per heavy atom. The van der Waals surface area contributed by atoms with Crippen LogP contribution in [0.25, 0.3) is 22.0 Å². The van der Waals surface area contributed by atoms with Gasteiger partial charge in [-0.15, -0.1) is 0 Å². The van der Waals surface area contributed by atoms with Crippen LogP contribution in [-0.2, 0) is 23.6 Å². The molecule has 0 aliphatic heterocycles. The van der Waals surface area contributed by atoms with Gasteiger partial charge in [-0.1, -0.05) is 30.3 Å². The van der Waals surface area contributed by atoms with Crippen molar-refractivity contribution < 1.29 is 8.42 Å². The second-order valence-electron chi connectivity index (χ2n) is 6.26. The maximum absolute atomic E-state index is 12.7. The molecule has 0 saturated heterocycles. The van der Waals surface area contributed by atoms with Crippen LogP contribution in [0.3, 0.4) is 0 Å². The van der Waals surface area contributed by atoms with E-state index in [1.807, 2.05) is 49.5 Å². The lowest BCUT2D eigenvalue weighted by molar-refractivity contribution is 0.581. The van der Waals surface area contributed by atoms with Gasteiger partial charge < -0.3 is 0 Å². The first kappa shape index (κ1) is 17.4. The first-order chi connectivity index (χ1) is 13.0. The summed E-state index contributed by atoms with van der Waals surface area (Å²) in [5.74, 6) is 0. The largest absolute Gasteiger partial charge is 0.268 e. The van der Waals surface area contributed by atoms with E-state index in [0.717, 1.165) is 27.6 Å². The molecule has 0 saturated carbocycles. The Balaban J connectivity index is 1.56. The summed E-state index contributed by atoms with van der Waals surface area (Å²) in [5.41, 5.74) is 2.58. The minimum absolute atomic E-state index is 0.161. The van der Waals surface area contributed by atoms with Crippen molar-refractivity contribution in [2.75, 3.05) is 0 Å². The predicted octanol–water partition coefficient (Wildman–Crippen LogP) is 3.11. The van der Waals surface area contributed by atoms with Crippen LogP contribution in [-0.4, -0.2) is 23.2 Å². The van der Waals surface area contributed by atoms with E-state index in [-0.39, 0.29) is 11.4 Å². The lowest BCUT2D eigenvalue weighted by Crippen LogP contribution is -2.23. The SMILES string of the molecule is Cn1nccc1-c1cncc(CNS(=O)(=O)c2ccc3ccccc3c2)c1. The standard InChI is InChI=1S/C20H18N4O2S/c1-24-20(8-9-22-24)18-10-15(12-21-14-18)13-23-27(25,26)19-7-6-16-4-2-3-5-17(16)11-19/h2-12,14,23H,13H2,1H3.